The molecule has 0 aliphatic rings. The van der Waals surface area contributed by atoms with Crippen LogP contribution in [0.2, 0.25) is 5.02 Å². The Morgan fingerprint density at radius 3 is 2.74 bits per heavy atom. The maximum Gasteiger partial charge on any atom is 0.260 e. The van der Waals surface area contributed by atoms with Gasteiger partial charge in [-0.05, 0) is 43.7 Å². The number of rotatable bonds is 7. The van der Waals surface area contributed by atoms with E-state index < -0.39 is 6.10 Å². The molecule has 2 aromatic carbocycles. The second-order valence-electron chi connectivity index (χ2n) is 5.15. The van der Waals surface area contributed by atoms with Crippen LogP contribution >= 0.6 is 11.6 Å². The number of hydrogen-bond donors (Lipinski definition) is 1. The Labute approximate surface area is 141 Å². The van der Waals surface area contributed by atoms with E-state index in [0.29, 0.717) is 29.7 Å². The van der Waals surface area contributed by atoms with E-state index in [1.807, 2.05) is 43.3 Å². The van der Waals surface area contributed by atoms with E-state index in [1.165, 1.54) is 0 Å². The molecule has 1 amide bonds. The molecule has 0 aliphatic heterocycles. The number of carbonyl (C=O) groups excluding carboxylic acids is 1. The maximum absolute atomic E-state index is 12.0. The standard InChI is InChI=1S/C18H20ClNO3/c1-13-6-5-7-15(12-13)23-14(2)18(21)20-10-11-22-17-9-4-3-8-16(17)19/h3-9,12,14H,10-11H2,1-2H3,(H,20,21). The SMILES string of the molecule is Cc1cccc(OC(C)C(=O)NCCOc2ccccc2Cl)c1. The third-order valence-electron chi connectivity index (χ3n) is 3.17. The molecule has 0 spiro atoms. The molecule has 1 N–H and O–H groups in total. The van der Waals surface area contributed by atoms with Crippen LogP contribution in [0.1, 0.15) is 12.5 Å². The first kappa shape index (κ1) is 17.2. The first-order valence-corrected chi connectivity index (χ1v) is 7.82. The minimum Gasteiger partial charge on any atom is -0.490 e. The zero-order valence-electron chi connectivity index (χ0n) is 13.2. The molecule has 122 valence electrons. The third kappa shape index (κ3) is 5.49. The monoisotopic (exact) mass is 333 g/mol. The highest BCUT2D eigenvalue weighted by Crippen LogP contribution is 2.22. The molecule has 23 heavy (non-hydrogen) atoms. The molecule has 0 aromatic heterocycles. The van der Waals surface area contributed by atoms with Crippen LogP contribution in [-0.4, -0.2) is 25.2 Å². The van der Waals surface area contributed by atoms with E-state index >= 15 is 0 Å². The Bertz CT molecular complexity index is 660. The van der Waals surface area contributed by atoms with Gasteiger partial charge in [-0.1, -0.05) is 35.9 Å². The predicted molar refractivity (Wildman–Crippen MR) is 91.2 cm³/mol. The molecular weight excluding hydrogens is 314 g/mol. The fraction of sp³-hybridized carbons (Fsp3) is 0.278. The summed E-state index contributed by atoms with van der Waals surface area (Å²) < 4.78 is 11.1. The van der Waals surface area contributed by atoms with Gasteiger partial charge in [0, 0.05) is 0 Å². The molecule has 0 radical (unpaired) electrons. The summed E-state index contributed by atoms with van der Waals surface area (Å²) in [5, 5.41) is 3.33. The van der Waals surface area contributed by atoms with Crippen LogP contribution in [-0.2, 0) is 4.79 Å². The van der Waals surface area contributed by atoms with Crippen molar-refractivity contribution in [2.24, 2.45) is 0 Å². The van der Waals surface area contributed by atoms with Gasteiger partial charge in [0.1, 0.15) is 18.1 Å². The lowest BCUT2D eigenvalue weighted by atomic mass is 10.2. The second kappa shape index (κ2) is 8.44. The second-order valence-corrected chi connectivity index (χ2v) is 5.55. The molecule has 4 nitrogen and oxygen atoms in total. The van der Waals surface area contributed by atoms with E-state index in [1.54, 1.807) is 19.1 Å². The van der Waals surface area contributed by atoms with Crippen LogP contribution in [0.15, 0.2) is 48.5 Å². The third-order valence-corrected chi connectivity index (χ3v) is 3.48. The Morgan fingerprint density at radius 1 is 1.22 bits per heavy atom. The van der Waals surface area contributed by atoms with E-state index in [9.17, 15) is 4.79 Å². The Balaban J connectivity index is 1.73. The molecule has 0 saturated heterocycles. The van der Waals surface area contributed by atoms with Crippen molar-refractivity contribution in [3.63, 3.8) is 0 Å². The zero-order chi connectivity index (χ0) is 16.7. The van der Waals surface area contributed by atoms with Crippen molar-refractivity contribution in [3.05, 3.63) is 59.1 Å². The molecule has 5 heteroatoms. The normalized spacial score (nSPS) is 11.6. The van der Waals surface area contributed by atoms with Crippen LogP contribution < -0.4 is 14.8 Å². The first-order chi connectivity index (χ1) is 11.1. The molecule has 1 unspecified atom stereocenters. The zero-order valence-corrected chi connectivity index (χ0v) is 14.0. The summed E-state index contributed by atoms with van der Waals surface area (Å²) in [6.45, 7) is 4.41. The van der Waals surface area contributed by atoms with Gasteiger partial charge in [0.25, 0.3) is 5.91 Å². The number of nitrogens with one attached hydrogen (secondary N) is 1. The molecule has 1 atom stereocenters. The van der Waals surface area contributed by atoms with Crippen molar-refractivity contribution in [1.82, 2.24) is 5.32 Å². The number of carbonyl (C=O) groups is 1. The van der Waals surface area contributed by atoms with Gasteiger partial charge in [-0.25, -0.2) is 0 Å². The summed E-state index contributed by atoms with van der Waals surface area (Å²) in [6, 6.07) is 14.8. The van der Waals surface area contributed by atoms with Crippen molar-refractivity contribution < 1.29 is 14.3 Å². The number of hydrogen-bond acceptors (Lipinski definition) is 3. The van der Waals surface area contributed by atoms with Gasteiger partial charge in [-0.2, -0.15) is 0 Å². The molecular formula is C18H20ClNO3. The van der Waals surface area contributed by atoms with Gasteiger partial charge < -0.3 is 14.8 Å². The van der Waals surface area contributed by atoms with Crippen molar-refractivity contribution in [3.8, 4) is 11.5 Å². The van der Waals surface area contributed by atoms with Gasteiger partial charge in [0.15, 0.2) is 6.10 Å². The summed E-state index contributed by atoms with van der Waals surface area (Å²) >= 11 is 5.99. The highest BCUT2D eigenvalue weighted by Gasteiger charge is 2.14. The predicted octanol–water partition coefficient (Wildman–Crippen LogP) is 3.61. The van der Waals surface area contributed by atoms with Gasteiger partial charge in [-0.15, -0.1) is 0 Å². The summed E-state index contributed by atoms with van der Waals surface area (Å²) in [6.07, 6.45) is -0.572. The van der Waals surface area contributed by atoms with E-state index in [0.717, 1.165) is 5.56 Å². The fourth-order valence-electron chi connectivity index (χ4n) is 1.99. The summed E-state index contributed by atoms with van der Waals surface area (Å²) in [4.78, 5) is 12.0. The topological polar surface area (TPSA) is 47.6 Å². The number of amides is 1. The molecule has 2 rings (SSSR count). The van der Waals surface area contributed by atoms with Crippen molar-refractivity contribution in [2.45, 2.75) is 20.0 Å². The highest BCUT2D eigenvalue weighted by molar-refractivity contribution is 6.32. The van der Waals surface area contributed by atoms with Gasteiger partial charge in [0.05, 0.1) is 11.6 Å². The quantitative estimate of drug-likeness (QED) is 0.787. The molecule has 0 saturated carbocycles. The van der Waals surface area contributed by atoms with Crippen molar-refractivity contribution in [2.75, 3.05) is 13.2 Å². The van der Waals surface area contributed by atoms with E-state index in [4.69, 9.17) is 21.1 Å². The number of ether oxygens (including phenoxy) is 2. The lowest BCUT2D eigenvalue weighted by Gasteiger charge is -2.15. The van der Waals surface area contributed by atoms with Crippen LogP contribution in [0.5, 0.6) is 11.5 Å². The Kier molecular flexibility index (Phi) is 6.29. The van der Waals surface area contributed by atoms with Crippen molar-refractivity contribution in [1.29, 1.82) is 0 Å². The number of halogens is 1. The van der Waals surface area contributed by atoms with E-state index in [-0.39, 0.29) is 5.91 Å². The van der Waals surface area contributed by atoms with Crippen molar-refractivity contribution >= 4 is 17.5 Å². The molecule has 0 heterocycles. The van der Waals surface area contributed by atoms with Gasteiger partial charge >= 0.3 is 0 Å². The van der Waals surface area contributed by atoms with Crippen LogP contribution in [0.4, 0.5) is 0 Å². The molecule has 0 fully saturated rings. The fourth-order valence-corrected chi connectivity index (χ4v) is 2.18. The van der Waals surface area contributed by atoms with Gasteiger partial charge in [-0.3, -0.25) is 4.79 Å². The minimum atomic E-state index is -0.572. The highest BCUT2D eigenvalue weighted by atomic mass is 35.5. The maximum atomic E-state index is 12.0. The number of para-hydroxylation sites is 1. The minimum absolute atomic E-state index is 0.186. The average Bonchev–Trinajstić information content (AvgIpc) is 2.53. The first-order valence-electron chi connectivity index (χ1n) is 7.44. The van der Waals surface area contributed by atoms with E-state index in [2.05, 4.69) is 5.32 Å². The summed E-state index contributed by atoms with van der Waals surface area (Å²) in [5.74, 6) is 1.10. The summed E-state index contributed by atoms with van der Waals surface area (Å²) in [5.41, 5.74) is 1.09. The van der Waals surface area contributed by atoms with Gasteiger partial charge in [0.2, 0.25) is 0 Å². The molecule has 0 aliphatic carbocycles. The molecule has 2 aromatic rings. The molecule has 0 bridgehead atoms. The lowest BCUT2D eigenvalue weighted by molar-refractivity contribution is -0.127. The largest absolute Gasteiger partial charge is 0.490 e. The Morgan fingerprint density at radius 2 is 2.00 bits per heavy atom. The number of benzene rings is 2. The smallest absolute Gasteiger partial charge is 0.260 e. The van der Waals surface area contributed by atoms with Crippen LogP contribution in [0, 0.1) is 6.92 Å². The summed E-state index contributed by atoms with van der Waals surface area (Å²) in [7, 11) is 0. The number of aryl methyl sites for hydroxylation is 1. The van der Waals surface area contributed by atoms with Crippen LogP contribution in [0.25, 0.3) is 0 Å². The average molecular weight is 334 g/mol. The van der Waals surface area contributed by atoms with Crippen LogP contribution in [0.3, 0.4) is 0 Å². The lowest BCUT2D eigenvalue weighted by Crippen LogP contribution is -2.38. The Hall–Kier alpha value is -2.20.